The molecule has 0 spiro atoms. The van der Waals surface area contributed by atoms with Crippen molar-refractivity contribution >= 4 is 17.2 Å². The third-order valence-corrected chi connectivity index (χ3v) is 4.94. The zero-order chi connectivity index (χ0) is 18.4. The maximum absolute atomic E-state index is 10.2. The van der Waals surface area contributed by atoms with Gasteiger partial charge in [-0.2, -0.15) is 0 Å². The third-order valence-electron chi connectivity index (χ3n) is 4.68. The molecule has 2 nitrogen and oxygen atoms in total. The molecule has 0 aromatic heterocycles. The lowest BCUT2D eigenvalue weighted by Gasteiger charge is -2.31. The minimum absolute atomic E-state index is 0.0535. The van der Waals surface area contributed by atoms with Crippen molar-refractivity contribution < 1.29 is 5.11 Å². The van der Waals surface area contributed by atoms with Crippen LogP contribution < -0.4 is 5.32 Å². The molecule has 2 rings (SSSR count). The topological polar surface area (TPSA) is 32.3 Å². The quantitative estimate of drug-likeness (QED) is 0.454. The van der Waals surface area contributed by atoms with Crippen LogP contribution in [-0.2, 0) is 0 Å². The van der Waals surface area contributed by atoms with Crippen molar-refractivity contribution in [3.8, 4) is 0 Å². The SMILES string of the molecule is CC(/C=C/C1=C(O)CCCC1(C)C)=C\C=C\C(C)=C\C1=CNC(=S)C1. The average molecular weight is 356 g/mol. The Kier molecular flexibility index (Phi) is 6.60. The maximum Gasteiger partial charge on any atom is 0.0959 e. The van der Waals surface area contributed by atoms with Crippen molar-refractivity contribution in [2.45, 2.75) is 53.4 Å². The fraction of sp³-hybridized carbons (Fsp3) is 0.409. The molecule has 0 unspecified atom stereocenters. The molecule has 0 aromatic carbocycles. The van der Waals surface area contributed by atoms with Crippen LogP contribution in [0.5, 0.6) is 0 Å². The van der Waals surface area contributed by atoms with Gasteiger partial charge in [0, 0.05) is 19.0 Å². The van der Waals surface area contributed by atoms with Crippen molar-refractivity contribution in [3.05, 3.63) is 70.7 Å². The Labute approximate surface area is 157 Å². The van der Waals surface area contributed by atoms with Crippen LogP contribution in [0.3, 0.4) is 0 Å². The zero-order valence-electron chi connectivity index (χ0n) is 15.7. The van der Waals surface area contributed by atoms with Crippen molar-refractivity contribution in [2.24, 2.45) is 5.41 Å². The summed E-state index contributed by atoms with van der Waals surface area (Å²) in [5.41, 5.74) is 4.70. The molecule has 3 heteroatoms. The highest BCUT2D eigenvalue weighted by atomic mass is 32.1. The number of rotatable bonds is 5. The van der Waals surface area contributed by atoms with E-state index in [1.54, 1.807) is 0 Å². The first-order chi connectivity index (χ1) is 11.8. The molecule has 1 heterocycles. The Morgan fingerprint density at radius 1 is 1.24 bits per heavy atom. The van der Waals surface area contributed by atoms with E-state index in [1.807, 2.05) is 6.20 Å². The van der Waals surface area contributed by atoms with Crippen LogP contribution in [0.2, 0.25) is 0 Å². The Balaban J connectivity index is 1.99. The van der Waals surface area contributed by atoms with E-state index in [4.69, 9.17) is 12.2 Å². The predicted molar refractivity (Wildman–Crippen MR) is 112 cm³/mol. The van der Waals surface area contributed by atoms with Crippen LogP contribution in [0.15, 0.2) is 70.7 Å². The molecule has 0 atom stereocenters. The van der Waals surface area contributed by atoms with E-state index in [0.29, 0.717) is 5.76 Å². The number of hydrogen-bond donors (Lipinski definition) is 2. The summed E-state index contributed by atoms with van der Waals surface area (Å²) in [6, 6.07) is 0. The van der Waals surface area contributed by atoms with Gasteiger partial charge < -0.3 is 10.4 Å². The highest BCUT2D eigenvalue weighted by Gasteiger charge is 2.28. The van der Waals surface area contributed by atoms with Crippen molar-refractivity contribution in [2.75, 3.05) is 0 Å². The Morgan fingerprint density at radius 3 is 2.64 bits per heavy atom. The second kappa shape index (κ2) is 8.48. The number of aliphatic hydroxyl groups is 1. The average Bonchev–Trinajstić information content (AvgIpc) is 2.91. The van der Waals surface area contributed by atoms with Crippen molar-refractivity contribution in [1.29, 1.82) is 0 Å². The molecule has 0 amide bonds. The van der Waals surface area contributed by atoms with Gasteiger partial charge in [-0.05, 0) is 43.3 Å². The molecule has 0 saturated carbocycles. The van der Waals surface area contributed by atoms with Crippen LogP contribution in [-0.4, -0.2) is 10.1 Å². The predicted octanol–water partition coefficient (Wildman–Crippen LogP) is 6.22. The van der Waals surface area contributed by atoms with E-state index < -0.39 is 0 Å². The lowest BCUT2D eigenvalue weighted by Crippen LogP contribution is -2.19. The molecule has 1 aliphatic heterocycles. The second-order valence-corrected chi connectivity index (χ2v) is 8.05. The van der Waals surface area contributed by atoms with Gasteiger partial charge in [0.2, 0.25) is 0 Å². The largest absolute Gasteiger partial charge is 0.512 e. The summed E-state index contributed by atoms with van der Waals surface area (Å²) in [6.07, 6.45) is 18.3. The summed E-state index contributed by atoms with van der Waals surface area (Å²) in [7, 11) is 0. The van der Waals surface area contributed by atoms with Crippen molar-refractivity contribution in [3.63, 3.8) is 0 Å². The molecule has 0 radical (unpaired) electrons. The number of hydrogen-bond acceptors (Lipinski definition) is 2. The van der Waals surface area contributed by atoms with Gasteiger partial charge in [0.1, 0.15) is 0 Å². The van der Waals surface area contributed by atoms with Crippen molar-refractivity contribution in [1.82, 2.24) is 5.32 Å². The zero-order valence-corrected chi connectivity index (χ0v) is 16.5. The molecule has 0 bridgehead atoms. The monoisotopic (exact) mass is 355 g/mol. The number of nitrogens with one attached hydrogen (secondary N) is 1. The summed E-state index contributed by atoms with van der Waals surface area (Å²) in [5, 5.41) is 13.3. The van der Waals surface area contributed by atoms with Gasteiger partial charge in [-0.1, -0.05) is 73.7 Å². The third kappa shape index (κ3) is 5.86. The van der Waals surface area contributed by atoms with Gasteiger partial charge in [0.25, 0.3) is 0 Å². The van der Waals surface area contributed by atoms with Gasteiger partial charge in [0.05, 0.1) is 10.7 Å². The number of allylic oxidation sites excluding steroid dienone is 10. The lowest BCUT2D eigenvalue weighted by molar-refractivity contribution is 0.292. The van der Waals surface area contributed by atoms with Gasteiger partial charge >= 0.3 is 0 Å². The lowest BCUT2D eigenvalue weighted by atomic mass is 9.74. The highest BCUT2D eigenvalue weighted by molar-refractivity contribution is 7.80. The molecule has 0 fully saturated rings. The molecule has 0 saturated heterocycles. The molecule has 134 valence electrons. The smallest absolute Gasteiger partial charge is 0.0959 e. The summed E-state index contributed by atoms with van der Waals surface area (Å²) in [6.45, 7) is 8.57. The fourth-order valence-electron chi connectivity index (χ4n) is 3.20. The molecule has 2 aliphatic rings. The first-order valence-electron chi connectivity index (χ1n) is 8.90. The van der Waals surface area contributed by atoms with E-state index in [-0.39, 0.29) is 5.41 Å². The first-order valence-corrected chi connectivity index (χ1v) is 9.31. The first kappa shape index (κ1) is 19.5. The molecule has 25 heavy (non-hydrogen) atoms. The Morgan fingerprint density at radius 2 is 2.00 bits per heavy atom. The van der Waals surface area contributed by atoms with Crippen LogP contribution in [0.25, 0.3) is 0 Å². The molecular formula is C22H29NOS. The second-order valence-electron chi connectivity index (χ2n) is 7.55. The Hall–Kier alpha value is -1.87. The van der Waals surface area contributed by atoms with Crippen LogP contribution >= 0.6 is 12.2 Å². The van der Waals surface area contributed by atoms with E-state index in [0.717, 1.165) is 41.8 Å². The van der Waals surface area contributed by atoms with E-state index in [9.17, 15) is 5.11 Å². The molecule has 1 aliphatic carbocycles. The number of thiocarbonyl (C=S) groups is 1. The normalized spacial score (nSPS) is 22.1. The minimum atomic E-state index is 0.0535. The van der Waals surface area contributed by atoms with Gasteiger partial charge in [-0.3, -0.25) is 0 Å². The van der Waals surface area contributed by atoms with Gasteiger partial charge in [0.15, 0.2) is 0 Å². The van der Waals surface area contributed by atoms with E-state index >= 15 is 0 Å². The summed E-state index contributed by atoms with van der Waals surface area (Å²) in [5.74, 6) is 0.547. The van der Waals surface area contributed by atoms with Crippen LogP contribution in [0.1, 0.15) is 53.4 Å². The minimum Gasteiger partial charge on any atom is -0.512 e. The van der Waals surface area contributed by atoms with Crippen LogP contribution in [0, 0.1) is 5.41 Å². The highest BCUT2D eigenvalue weighted by Crippen LogP contribution is 2.40. The molecule has 2 N–H and O–H groups in total. The Bertz CT molecular complexity index is 714. The summed E-state index contributed by atoms with van der Waals surface area (Å²) in [4.78, 5) is 0.882. The van der Waals surface area contributed by atoms with Gasteiger partial charge in [-0.25, -0.2) is 0 Å². The molecular weight excluding hydrogens is 326 g/mol. The maximum atomic E-state index is 10.2. The van der Waals surface area contributed by atoms with Gasteiger partial charge in [-0.15, -0.1) is 0 Å². The molecule has 0 aromatic rings. The summed E-state index contributed by atoms with van der Waals surface area (Å²) < 4.78 is 0. The standard InChI is InChI=1S/C22H29NOS/c1-16(10-11-19-20(24)9-6-12-22(19,3)4)7-5-8-17(2)13-18-14-21(25)23-15-18/h5,7-8,10-11,13,15,24H,6,9,12,14H2,1-4H3,(H,23,25)/b8-5+,11-10+,16-7+,17-13+. The summed E-state index contributed by atoms with van der Waals surface area (Å²) >= 11 is 5.13. The number of aliphatic hydroxyl groups excluding tert-OH is 1. The fourth-order valence-corrected chi connectivity index (χ4v) is 3.42. The van der Waals surface area contributed by atoms with E-state index in [1.165, 1.54) is 11.1 Å². The van der Waals surface area contributed by atoms with Crippen LogP contribution in [0.4, 0.5) is 0 Å². The van der Waals surface area contributed by atoms with E-state index in [2.05, 4.69) is 69.5 Å².